The maximum Gasteiger partial charge on any atom is 0.341 e. The van der Waals surface area contributed by atoms with Gasteiger partial charge in [0.05, 0.1) is 26.9 Å². The van der Waals surface area contributed by atoms with Crippen LogP contribution in [0.3, 0.4) is 0 Å². The maximum absolute atomic E-state index is 12.3. The zero-order valence-electron chi connectivity index (χ0n) is 29.7. The van der Waals surface area contributed by atoms with Crippen LogP contribution in [0.4, 0.5) is 0 Å². The molecular formula is C42H60O6. The lowest BCUT2D eigenvalue weighted by Crippen LogP contribution is -2.09. The largest absolute Gasteiger partial charge is 0.493 e. The van der Waals surface area contributed by atoms with Crippen molar-refractivity contribution < 1.29 is 28.5 Å². The number of carbonyl (C=O) groups excluding carboxylic acids is 1. The second-order valence-corrected chi connectivity index (χ2v) is 12.6. The summed E-state index contributed by atoms with van der Waals surface area (Å²) in [4.78, 5) is 12.3. The van der Waals surface area contributed by atoms with Crippen molar-refractivity contribution in [1.29, 1.82) is 0 Å². The van der Waals surface area contributed by atoms with Crippen molar-refractivity contribution in [2.75, 3.05) is 26.9 Å². The van der Waals surface area contributed by atoms with Crippen molar-refractivity contribution in [2.45, 2.75) is 123 Å². The summed E-state index contributed by atoms with van der Waals surface area (Å²) in [6, 6.07) is 23.0. The van der Waals surface area contributed by atoms with Gasteiger partial charge in [-0.25, -0.2) is 4.79 Å². The lowest BCUT2D eigenvalue weighted by atomic mass is 10.0. The molecule has 3 aromatic rings. The fourth-order valence-corrected chi connectivity index (χ4v) is 5.63. The van der Waals surface area contributed by atoms with Gasteiger partial charge in [0.2, 0.25) is 0 Å². The quantitative estimate of drug-likeness (QED) is 0.0570. The van der Waals surface area contributed by atoms with E-state index in [0.717, 1.165) is 23.5 Å². The molecule has 3 aromatic carbocycles. The molecule has 6 heteroatoms. The molecule has 0 saturated carbocycles. The third-order valence-electron chi connectivity index (χ3n) is 8.51. The van der Waals surface area contributed by atoms with E-state index in [9.17, 15) is 4.79 Å². The summed E-state index contributed by atoms with van der Waals surface area (Å²) in [6.45, 7) is 4.33. The van der Waals surface area contributed by atoms with Crippen LogP contribution in [-0.4, -0.2) is 32.9 Å². The zero-order chi connectivity index (χ0) is 33.9. The molecule has 0 unspecified atom stereocenters. The first-order valence-corrected chi connectivity index (χ1v) is 18.6. The highest BCUT2D eigenvalue weighted by Gasteiger charge is 2.14. The van der Waals surface area contributed by atoms with E-state index in [1.807, 2.05) is 60.7 Å². The topological polar surface area (TPSA) is 63.2 Å². The van der Waals surface area contributed by atoms with Gasteiger partial charge in [-0.05, 0) is 48.4 Å². The normalized spacial score (nSPS) is 10.9. The molecule has 0 radical (unpaired) electrons. The maximum atomic E-state index is 12.3. The van der Waals surface area contributed by atoms with Crippen LogP contribution in [0.25, 0.3) is 0 Å². The number of unbranched alkanes of at least 4 members (excludes halogenated alkanes) is 15. The van der Waals surface area contributed by atoms with Crippen molar-refractivity contribution in [1.82, 2.24) is 0 Å². The fourth-order valence-electron chi connectivity index (χ4n) is 5.63. The van der Waals surface area contributed by atoms with Gasteiger partial charge in [-0.3, -0.25) is 0 Å². The molecule has 0 fully saturated rings. The number of benzene rings is 3. The Labute approximate surface area is 290 Å². The third-order valence-corrected chi connectivity index (χ3v) is 8.51. The Morgan fingerprint density at radius 1 is 0.500 bits per heavy atom. The molecule has 264 valence electrons. The van der Waals surface area contributed by atoms with Crippen LogP contribution in [0, 0.1) is 0 Å². The number of rotatable bonds is 28. The molecule has 0 aromatic heterocycles. The van der Waals surface area contributed by atoms with Gasteiger partial charge in [-0.1, -0.05) is 134 Å². The molecule has 0 spiro atoms. The van der Waals surface area contributed by atoms with E-state index < -0.39 is 5.97 Å². The summed E-state index contributed by atoms with van der Waals surface area (Å²) in [6.07, 6.45) is 22.2. The molecule has 48 heavy (non-hydrogen) atoms. The van der Waals surface area contributed by atoms with Gasteiger partial charge in [-0.15, -0.1) is 0 Å². The molecule has 0 atom stereocenters. The zero-order valence-corrected chi connectivity index (χ0v) is 29.7. The number of methoxy groups -OCH3 is 1. The first-order chi connectivity index (χ1) is 23.7. The molecule has 6 nitrogen and oxygen atoms in total. The van der Waals surface area contributed by atoms with Gasteiger partial charge in [-0.2, -0.15) is 0 Å². The van der Waals surface area contributed by atoms with Gasteiger partial charge in [0.1, 0.15) is 35.2 Å². The molecule has 3 rings (SSSR count). The average molecular weight is 661 g/mol. The van der Waals surface area contributed by atoms with E-state index in [2.05, 4.69) is 6.92 Å². The van der Waals surface area contributed by atoms with E-state index in [-0.39, 0.29) is 0 Å². The second-order valence-electron chi connectivity index (χ2n) is 12.6. The van der Waals surface area contributed by atoms with E-state index in [1.54, 1.807) is 12.1 Å². The van der Waals surface area contributed by atoms with E-state index in [1.165, 1.54) is 103 Å². The molecule has 0 N–H and O–H groups in total. The summed E-state index contributed by atoms with van der Waals surface area (Å²) in [5.41, 5.74) is 1.51. The molecule has 0 bridgehead atoms. The number of carbonyl (C=O) groups is 1. The van der Waals surface area contributed by atoms with Crippen molar-refractivity contribution >= 4 is 5.97 Å². The Balaban J connectivity index is 1.24. The van der Waals surface area contributed by atoms with Gasteiger partial charge in [0.15, 0.2) is 0 Å². The summed E-state index contributed by atoms with van der Waals surface area (Å²) >= 11 is 0. The third kappa shape index (κ3) is 16.9. The van der Waals surface area contributed by atoms with E-state index >= 15 is 0 Å². The molecule has 0 heterocycles. The molecule has 0 aliphatic rings. The van der Waals surface area contributed by atoms with Crippen molar-refractivity contribution in [3.63, 3.8) is 0 Å². The van der Waals surface area contributed by atoms with Gasteiger partial charge in [0.25, 0.3) is 0 Å². The molecule has 0 saturated heterocycles. The van der Waals surface area contributed by atoms with Crippen LogP contribution in [0.15, 0.2) is 72.8 Å². The molecule has 0 amide bonds. The minimum Gasteiger partial charge on any atom is -0.493 e. The second kappa shape index (κ2) is 25.4. The first-order valence-electron chi connectivity index (χ1n) is 18.6. The summed E-state index contributed by atoms with van der Waals surface area (Å²) in [5, 5.41) is 0. The Kier molecular flexibility index (Phi) is 20.5. The predicted molar refractivity (Wildman–Crippen MR) is 196 cm³/mol. The van der Waals surface area contributed by atoms with Gasteiger partial charge >= 0.3 is 5.97 Å². The highest BCUT2D eigenvalue weighted by molar-refractivity contribution is 5.92. The van der Waals surface area contributed by atoms with Crippen LogP contribution in [0.1, 0.15) is 132 Å². The minimum atomic E-state index is -0.430. The lowest BCUT2D eigenvalue weighted by molar-refractivity contribution is 0.0595. The highest BCUT2D eigenvalue weighted by Crippen LogP contribution is 2.27. The molecule has 0 aliphatic carbocycles. The number of esters is 1. The summed E-state index contributed by atoms with van der Waals surface area (Å²) in [7, 11) is 1.37. The summed E-state index contributed by atoms with van der Waals surface area (Å²) < 4.78 is 28.7. The van der Waals surface area contributed by atoms with Crippen LogP contribution < -0.4 is 18.9 Å². The van der Waals surface area contributed by atoms with Crippen LogP contribution in [0.2, 0.25) is 0 Å². The smallest absolute Gasteiger partial charge is 0.341 e. The van der Waals surface area contributed by atoms with Crippen LogP contribution >= 0.6 is 0 Å². The van der Waals surface area contributed by atoms with Crippen molar-refractivity contribution in [3.8, 4) is 23.0 Å². The number of hydrogen-bond acceptors (Lipinski definition) is 6. The lowest BCUT2D eigenvalue weighted by Gasteiger charge is -2.13. The standard InChI is InChI=1S/C42H60O6/c1-3-4-5-6-7-8-9-10-11-12-13-14-15-16-17-21-31-46-39-29-30-40(42(43)44-2)41(34-39)47-33-22-32-45-37-25-27-38(28-26-37)48-35-36-23-19-18-20-24-36/h18-20,23-30,34H,3-17,21-22,31-33,35H2,1-2H3. The van der Waals surface area contributed by atoms with Crippen molar-refractivity contribution in [2.24, 2.45) is 0 Å². The average Bonchev–Trinajstić information content (AvgIpc) is 3.12. The minimum absolute atomic E-state index is 0.388. The van der Waals surface area contributed by atoms with Crippen LogP contribution in [0.5, 0.6) is 23.0 Å². The number of ether oxygens (including phenoxy) is 5. The van der Waals surface area contributed by atoms with Crippen LogP contribution in [-0.2, 0) is 11.3 Å². The number of hydrogen-bond donors (Lipinski definition) is 0. The predicted octanol–water partition coefficient (Wildman–Crippen LogP) is 11.5. The summed E-state index contributed by atoms with van der Waals surface area (Å²) in [5.74, 6) is 2.29. The monoisotopic (exact) mass is 660 g/mol. The fraction of sp³-hybridized carbons (Fsp3) is 0.548. The van der Waals surface area contributed by atoms with Crippen molar-refractivity contribution in [3.05, 3.63) is 83.9 Å². The molecule has 0 aliphatic heterocycles. The highest BCUT2D eigenvalue weighted by atomic mass is 16.5. The Morgan fingerprint density at radius 3 is 1.56 bits per heavy atom. The Hall–Kier alpha value is -3.67. The van der Waals surface area contributed by atoms with Gasteiger partial charge < -0.3 is 23.7 Å². The Bertz CT molecular complexity index is 1230. The molecular weight excluding hydrogens is 600 g/mol. The van der Waals surface area contributed by atoms with Gasteiger partial charge in [0, 0.05) is 12.5 Å². The first kappa shape index (κ1) is 38.8. The Morgan fingerprint density at radius 2 is 0.979 bits per heavy atom. The van der Waals surface area contributed by atoms with E-state index in [4.69, 9.17) is 23.7 Å². The SMILES string of the molecule is CCCCCCCCCCCCCCCCCCOc1ccc(C(=O)OC)c(OCCCOc2ccc(OCc3ccccc3)cc2)c1. The van der Waals surface area contributed by atoms with E-state index in [0.29, 0.717) is 49.9 Å².